The maximum Gasteiger partial charge on any atom is 0.411 e. The number of aryl methyl sites for hydroxylation is 1. The number of carbonyl (C=O) groups is 2. The molecule has 0 aliphatic rings. The summed E-state index contributed by atoms with van der Waals surface area (Å²) in [6.07, 6.45) is 0.00840. The molecular weight excluding hydrogens is 449 g/mol. The lowest BCUT2D eigenvalue weighted by atomic mass is 10.0. The summed E-state index contributed by atoms with van der Waals surface area (Å²) < 4.78 is 23.8. The Bertz CT molecular complexity index is 1320. The maximum absolute atomic E-state index is 14.0. The number of rotatable bonds is 9. The van der Waals surface area contributed by atoms with Crippen LogP contribution in [0.2, 0.25) is 0 Å². The number of hydrogen-bond donors (Lipinski definition) is 3. The number of anilines is 2. The van der Waals surface area contributed by atoms with Gasteiger partial charge in [0.2, 0.25) is 5.91 Å². The third-order valence-corrected chi connectivity index (χ3v) is 5.45. The third kappa shape index (κ3) is 6.24. The zero-order valence-electron chi connectivity index (χ0n) is 19.3. The van der Waals surface area contributed by atoms with Crippen molar-refractivity contribution < 1.29 is 23.5 Å². The number of halogens is 1. The SMILES string of the molecule is COCCOC(=O)Nc1cccc(NC(=O)CCc2c(-c3ccccc3)[nH]c3ccc(F)cc23)c1. The lowest BCUT2D eigenvalue weighted by Gasteiger charge is -2.10. The van der Waals surface area contributed by atoms with Gasteiger partial charge in [-0.2, -0.15) is 0 Å². The van der Waals surface area contributed by atoms with E-state index in [4.69, 9.17) is 9.47 Å². The van der Waals surface area contributed by atoms with Crippen molar-refractivity contribution in [3.05, 3.63) is 84.2 Å². The Labute approximate surface area is 202 Å². The summed E-state index contributed by atoms with van der Waals surface area (Å²) >= 11 is 0. The van der Waals surface area contributed by atoms with Gasteiger partial charge in [0.15, 0.2) is 0 Å². The topological polar surface area (TPSA) is 92.4 Å². The highest BCUT2D eigenvalue weighted by atomic mass is 19.1. The van der Waals surface area contributed by atoms with Gasteiger partial charge in [0, 0.05) is 41.5 Å². The van der Waals surface area contributed by atoms with Crippen molar-refractivity contribution in [2.24, 2.45) is 0 Å². The number of ether oxygens (including phenoxy) is 2. The largest absolute Gasteiger partial charge is 0.447 e. The number of nitrogens with one attached hydrogen (secondary N) is 3. The predicted molar refractivity (Wildman–Crippen MR) is 134 cm³/mol. The standard InChI is InChI=1S/C27H26FN3O4/c1-34-14-15-35-27(33)30-21-9-5-8-20(17-21)29-25(32)13-11-22-23-16-19(28)10-12-24(23)31-26(22)18-6-3-2-4-7-18/h2-10,12,16-17,31H,11,13-15H2,1H3,(H,29,32)(H,30,33). The van der Waals surface area contributed by atoms with Crippen LogP contribution in [-0.4, -0.2) is 37.3 Å². The summed E-state index contributed by atoms with van der Waals surface area (Å²) in [5.41, 5.74) is 4.57. The molecule has 0 atom stereocenters. The van der Waals surface area contributed by atoms with Gasteiger partial charge in [0.1, 0.15) is 12.4 Å². The molecule has 0 bridgehead atoms. The van der Waals surface area contributed by atoms with Crippen molar-refractivity contribution in [1.29, 1.82) is 0 Å². The number of H-pyrrole nitrogens is 1. The van der Waals surface area contributed by atoms with Crippen molar-refractivity contribution in [3.63, 3.8) is 0 Å². The van der Waals surface area contributed by atoms with E-state index in [1.54, 1.807) is 30.3 Å². The van der Waals surface area contributed by atoms with Crippen LogP contribution in [0.5, 0.6) is 0 Å². The lowest BCUT2D eigenvalue weighted by Crippen LogP contribution is -2.17. The number of aromatic nitrogens is 1. The van der Waals surface area contributed by atoms with Crippen molar-refractivity contribution in [3.8, 4) is 11.3 Å². The van der Waals surface area contributed by atoms with Crippen molar-refractivity contribution in [2.45, 2.75) is 12.8 Å². The lowest BCUT2D eigenvalue weighted by molar-refractivity contribution is -0.116. The van der Waals surface area contributed by atoms with Gasteiger partial charge in [-0.25, -0.2) is 9.18 Å². The fourth-order valence-corrected chi connectivity index (χ4v) is 3.84. The van der Waals surface area contributed by atoms with Gasteiger partial charge < -0.3 is 19.8 Å². The number of aromatic amines is 1. The number of amides is 2. The summed E-state index contributed by atoms with van der Waals surface area (Å²) in [5.74, 6) is -0.526. The second-order valence-corrected chi connectivity index (χ2v) is 7.92. The number of carbonyl (C=O) groups excluding carboxylic acids is 2. The van der Waals surface area contributed by atoms with Crippen LogP contribution in [0.15, 0.2) is 72.8 Å². The monoisotopic (exact) mass is 475 g/mol. The molecular formula is C27H26FN3O4. The highest BCUT2D eigenvalue weighted by Crippen LogP contribution is 2.32. The molecule has 4 aromatic rings. The molecule has 3 N–H and O–H groups in total. The Balaban J connectivity index is 1.44. The Hall–Kier alpha value is -4.17. The van der Waals surface area contributed by atoms with Crippen LogP contribution < -0.4 is 10.6 Å². The molecule has 2 amide bonds. The Morgan fingerprint density at radius 3 is 2.46 bits per heavy atom. The summed E-state index contributed by atoms with van der Waals surface area (Å²) in [5, 5.41) is 6.22. The quantitative estimate of drug-likeness (QED) is 0.269. The van der Waals surface area contributed by atoms with Crippen LogP contribution in [0.1, 0.15) is 12.0 Å². The van der Waals surface area contributed by atoms with E-state index in [0.29, 0.717) is 24.4 Å². The first-order valence-corrected chi connectivity index (χ1v) is 11.2. The van der Waals surface area contributed by atoms with Gasteiger partial charge in [-0.1, -0.05) is 36.4 Å². The van der Waals surface area contributed by atoms with E-state index in [-0.39, 0.29) is 24.8 Å². The van der Waals surface area contributed by atoms with Crippen LogP contribution in [0, 0.1) is 5.82 Å². The van der Waals surface area contributed by atoms with Gasteiger partial charge in [0.05, 0.1) is 6.61 Å². The van der Waals surface area contributed by atoms with Crippen LogP contribution in [0.25, 0.3) is 22.2 Å². The normalized spacial score (nSPS) is 10.8. The molecule has 0 saturated carbocycles. The summed E-state index contributed by atoms with van der Waals surface area (Å²) in [6.45, 7) is 0.444. The van der Waals surface area contributed by atoms with Crippen molar-refractivity contribution >= 4 is 34.3 Å². The Morgan fingerprint density at radius 2 is 1.69 bits per heavy atom. The van der Waals surface area contributed by atoms with Gasteiger partial charge in [-0.3, -0.25) is 10.1 Å². The highest BCUT2D eigenvalue weighted by molar-refractivity contribution is 5.94. The average molecular weight is 476 g/mol. The van der Waals surface area contributed by atoms with Crippen LogP contribution in [-0.2, 0) is 20.7 Å². The van der Waals surface area contributed by atoms with Crippen LogP contribution in [0.3, 0.4) is 0 Å². The van der Waals surface area contributed by atoms with Gasteiger partial charge in [-0.05, 0) is 53.9 Å². The second-order valence-electron chi connectivity index (χ2n) is 7.92. The highest BCUT2D eigenvalue weighted by Gasteiger charge is 2.15. The molecule has 180 valence electrons. The molecule has 3 aromatic carbocycles. The number of methoxy groups -OCH3 is 1. The first-order valence-electron chi connectivity index (χ1n) is 11.2. The predicted octanol–water partition coefficient (Wildman–Crippen LogP) is 5.74. The second kappa shape index (κ2) is 11.3. The molecule has 35 heavy (non-hydrogen) atoms. The van der Waals surface area contributed by atoms with Gasteiger partial charge in [-0.15, -0.1) is 0 Å². The summed E-state index contributed by atoms with van der Waals surface area (Å²) in [4.78, 5) is 27.9. The maximum atomic E-state index is 14.0. The smallest absolute Gasteiger partial charge is 0.411 e. The molecule has 0 spiro atoms. The van der Waals surface area contributed by atoms with Gasteiger partial charge in [0.25, 0.3) is 0 Å². The van der Waals surface area contributed by atoms with E-state index in [0.717, 1.165) is 27.7 Å². The molecule has 8 heteroatoms. The fraction of sp³-hybridized carbons (Fsp3) is 0.185. The number of benzene rings is 3. The van der Waals surface area contributed by atoms with E-state index < -0.39 is 6.09 Å². The van der Waals surface area contributed by atoms with E-state index >= 15 is 0 Å². The summed E-state index contributed by atoms with van der Waals surface area (Å²) in [6, 6.07) is 21.2. The molecule has 0 unspecified atom stereocenters. The molecule has 0 fully saturated rings. The molecule has 1 aromatic heterocycles. The summed E-state index contributed by atoms with van der Waals surface area (Å²) in [7, 11) is 1.52. The Kier molecular flexibility index (Phi) is 7.74. The fourth-order valence-electron chi connectivity index (χ4n) is 3.84. The molecule has 4 rings (SSSR count). The van der Waals surface area contributed by atoms with Crippen molar-refractivity contribution in [1.82, 2.24) is 4.98 Å². The minimum absolute atomic E-state index is 0.140. The minimum Gasteiger partial charge on any atom is -0.447 e. The first-order chi connectivity index (χ1) is 17.0. The van der Waals surface area contributed by atoms with Crippen LogP contribution >= 0.6 is 0 Å². The molecule has 7 nitrogen and oxygen atoms in total. The zero-order chi connectivity index (χ0) is 24.6. The molecule has 0 saturated heterocycles. The third-order valence-electron chi connectivity index (χ3n) is 5.45. The number of fused-ring (bicyclic) bond motifs is 1. The molecule has 0 aliphatic heterocycles. The van der Waals surface area contributed by atoms with Crippen LogP contribution in [0.4, 0.5) is 20.6 Å². The molecule has 1 heterocycles. The van der Waals surface area contributed by atoms with E-state index in [2.05, 4.69) is 15.6 Å². The minimum atomic E-state index is -0.606. The average Bonchev–Trinajstić information content (AvgIpc) is 3.21. The van der Waals surface area contributed by atoms with E-state index in [1.165, 1.54) is 19.2 Å². The van der Waals surface area contributed by atoms with E-state index in [1.807, 2.05) is 30.3 Å². The Morgan fingerprint density at radius 1 is 0.914 bits per heavy atom. The van der Waals surface area contributed by atoms with E-state index in [9.17, 15) is 14.0 Å². The molecule has 0 radical (unpaired) electrons. The van der Waals surface area contributed by atoms with Crippen molar-refractivity contribution in [2.75, 3.05) is 31.0 Å². The number of hydrogen-bond acceptors (Lipinski definition) is 4. The van der Waals surface area contributed by atoms with Gasteiger partial charge >= 0.3 is 6.09 Å². The first kappa shape index (κ1) is 24.0. The molecule has 0 aliphatic carbocycles. The zero-order valence-corrected chi connectivity index (χ0v) is 19.3.